The van der Waals surface area contributed by atoms with Crippen LogP contribution in [0.3, 0.4) is 0 Å². The van der Waals surface area contributed by atoms with Crippen molar-refractivity contribution in [2.24, 2.45) is 0 Å². The summed E-state index contributed by atoms with van der Waals surface area (Å²) < 4.78 is 11.6. The molecule has 0 bridgehead atoms. The Bertz CT molecular complexity index is 1300. The number of rotatable bonds is 9. The van der Waals surface area contributed by atoms with Crippen LogP contribution in [0, 0.1) is 0 Å². The van der Waals surface area contributed by atoms with Gasteiger partial charge in [-0.15, -0.1) is 0 Å². The van der Waals surface area contributed by atoms with Crippen molar-refractivity contribution in [2.75, 3.05) is 25.6 Å². The number of nitrogens with zero attached hydrogens (tertiary/aromatic N) is 1. The normalized spacial score (nSPS) is 11.8. The van der Waals surface area contributed by atoms with E-state index in [1.807, 2.05) is 97.6 Å². The molecule has 0 amide bonds. The summed E-state index contributed by atoms with van der Waals surface area (Å²) in [5, 5.41) is 16.8. The number of aliphatic hydroxyl groups excluding tert-OH is 1. The lowest BCUT2D eigenvalue weighted by atomic mass is 10.0. The predicted molar refractivity (Wildman–Crippen MR) is 152 cm³/mol. The molecule has 2 N–H and O–H groups in total. The summed E-state index contributed by atoms with van der Waals surface area (Å²) in [7, 11) is 1.64. The van der Waals surface area contributed by atoms with Gasteiger partial charge >= 0.3 is 0 Å². The molecule has 0 saturated heterocycles. The van der Waals surface area contributed by atoms with E-state index in [9.17, 15) is 5.11 Å². The van der Waals surface area contributed by atoms with Crippen LogP contribution in [0.25, 0.3) is 21.9 Å². The van der Waals surface area contributed by atoms with E-state index in [4.69, 9.17) is 21.7 Å². The smallest absolute Gasteiger partial charge is 0.173 e. The molecule has 4 aromatic rings. The largest absolute Gasteiger partial charge is 0.495 e. The zero-order valence-electron chi connectivity index (χ0n) is 20.8. The van der Waals surface area contributed by atoms with Gasteiger partial charge in [-0.3, -0.25) is 0 Å². The second-order valence-electron chi connectivity index (χ2n) is 8.90. The molecular formula is C30H32N2O3S. The standard InChI is InChI=1S/C30H32N2O3S/c1-21(2)32(19-25(33)20-35-28-15-9-13-23-12-7-8-14-26(23)28)30(36)31-27-18-24(16-17-29(27)34-3)22-10-5-4-6-11-22/h4-18,21,25,33H,19-20H2,1-3H3,(H,31,36). The lowest BCUT2D eigenvalue weighted by molar-refractivity contribution is 0.0820. The maximum Gasteiger partial charge on any atom is 0.173 e. The summed E-state index contributed by atoms with van der Waals surface area (Å²) in [6.45, 7) is 4.58. The first kappa shape index (κ1) is 25.5. The zero-order valence-corrected chi connectivity index (χ0v) is 21.7. The molecule has 5 nitrogen and oxygen atoms in total. The number of benzene rings is 4. The molecule has 4 aromatic carbocycles. The van der Waals surface area contributed by atoms with Crippen molar-refractivity contribution in [1.29, 1.82) is 0 Å². The monoisotopic (exact) mass is 500 g/mol. The van der Waals surface area contributed by atoms with Crippen molar-refractivity contribution in [2.45, 2.75) is 26.0 Å². The number of fused-ring (bicyclic) bond motifs is 1. The molecule has 0 fully saturated rings. The van der Waals surface area contributed by atoms with Crippen molar-refractivity contribution in [3.05, 3.63) is 91.0 Å². The third-order valence-electron chi connectivity index (χ3n) is 6.02. The van der Waals surface area contributed by atoms with Crippen LogP contribution in [0.5, 0.6) is 11.5 Å². The van der Waals surface area contributed by atoms with Gasteiger partial charge in [-0.2, -0.15) is 0 Å². The highest BCUT2D eigenvalue weighted by Gasteiger charge is 2.20. The van der Waals surface area contributed by atoms with Crippen molar-refractivity contribution in [3.8, 4) is 22.6 Å². The second kappa shape index (κ2) is 11.9. The number of aliphatic hydroxyl groups is 1. The quantitative estimate of drug-likeness (QED) is 0.261. The Hall–Kier alpha value is -3.61. The van der Waals surface area contributed by atoms with Crippen LogP contribution in [-0.4, -0.2) is 47.5 Å². The van der Waals surface area contributed by atoms with Gasteiger partial charge in [0.05, 0.1) is 12.8 Å². The molecule has 0 radical (unpaired) electrons. The Kier molecular flexibility index (Phi) is 8.41. The summed E-state index contributed by atoms with van der Waals surface area (Å²) in [6, 6.07) is 30.2. The maximum atomic E-state index is 10.8. The Balaban J connectivity index is 1.44. The molecule has 1 atom stereocenters. The van der Waals surface area contributed by atoms with E-state index in [0.717, 1.165) is 33.3 Å². The Morgan fingerprint density at radius 2 is 1.61 bits per heavy atom. The molecule has 4 rings (SSSR count). The van der Waals surface area contributed by atoms with E-state index >= 15 is 0 Å². The third-order valence-corrected chi connectivity index (χ3v) is 6.36. The van der Waals surface area contributed by atoms with E-state index in [0.29, 0.717) is 17.4 Å². The molecule has 36 heavy (non-hydrogen) atoms. The fraction of sp³-hybridized carbons (Fsp3) is 0.233. The minimum absolute atomic E-state index is 0.0699. The number of thiocarbonyl (C=S) groups is 1. The van der Waals surface area contributed by atoms with Gasteiger partial charge in [0.2, 0.25) is 0 Å². The predicted octanol–water partition coefficient (Wildman–Crippen LogP) is 6.36. The highest BCUT2D eigenvalue weighted by molar-refractivity contribution is 7.80. The average Bonchev–Trinajstić information content (AvgIpc) is 2.90. The topological polar surface area (TPSA) is 54.0 Å². The Morgan fingerprint density at radius 3 is 2.36 bits per heavy atom. The first-order valence-electron chi connectivity index (χ1n) is 12.1. The number of hydrogen-bond acceptors (Lipinski definition) is 4. The minimum atomic E-state index is -0.733. The molecule has 0 aromatic heterocycles. The molecule has 0 spiro atoms. The first-order chi connectivity index (χ1) is 17.5. The van der Waals surface area contributed by atoms with Gasteiger partial charge in [0.25, 0.3) is 0 Å². The summed E-state index contributed by atoms with van der Waals surface area (Å²) in [5.41, 5.74) is 2.94. The van der Waals surface area contributed by atoms with E-state index in [1.165, 1.54) is 0 Å². The number of anilines is 1. The molecule has 1 unspecified atom stereocenters. The van der Waals surface area contributed by atoms with Crippen LogP contribution < -0.4 is 14.8 Å². The number of nitrogens with one attached hydrogen (secondary N) is 1. The summed E-state index contributed by atoms with van der Waals surface area (Å²) in [4.78, 5) is 1.96. The maximum absolute atomic E-state index is 10.8. The zero-order chi connectivity index (χ0) is 25.5. The highest BCUT2D eigenvalue weighted by Crippen LogP contribution is 2.31. The molecular weight excluding hydrogens is 468 g/mol. The van der Waals surface area contributed by atoms with Crippen LogP contribution in [0.1, 0.15) is 13.8 Å². The van der Waals surface area contributed by atoms with E-state index in [2.05, 4.69) is 17.4 Å². The van der Waals surface area contributed by atoms with Gasteiger partial charge in [0.15, 0.2) is 5.11 Å². The van der Waals surface area contributed by atoms with Crippen LogP contribution in [0.2, 0.25) is 0 Å². The second-order valence-corrected chi connectivity index (χ2v) is 9.29. The van der Waals surface area contributed by atoms with E-state index < -0.39 is 6.10 Å². The molecule has 186 valence electrons. The van der Waals surface area contributed by atoms with Crippen LogP contribution in [0.4, 0.5) is 5.69 Å². The van der Waals surface area contributed by atoms with Crippen molar-refractivity contribution in [1.82, 2.24) is 4.90 Å². The Labute approximate surface area is 218 Å². The third kappa shape index (κ3) is 6.14. The first-order valence-corrected chi connectivity index (χ1v) is 12.5. The van der Waals surface area contributed by atoms with Crippen LogP contribution in [-0.2, 0) is 0 Å². The molecule has 0 saturated carbocycles. The highest BCUT2D eigenvalue weighted by atomic mass is 32.1. The van der Waals surface area contributed by atoms with Gasteiger partial charge < -0.3 is 24.8 Å². The molecule has 0 heterocycles. The number of methoxy groups -OCH3 is 1. The Morgan fingerprint density at radius 1 is 0.889 bits per heavy atom. The molecule has 0 aliphatic rings. The summed E-state index contributed by atoms with van der Waals surface area (Å²) in [6.07, 6.45) is -0.733. The van der Waals surface area contributed by atoms with E-state index in [-0.39, 0.29) is 12.6 Å². The fourth-order valence-corrected chi connectivity index (χ4v) is 4.51. The van der Waals surface area contributed by atoms with Gasteiger partial charge in [-0.1, -0.05) is 72.8 Å². The fourth-order valence-electron chi connectivity index (χ4n) is 4.12. The van der Waals surface area contributed by atoms with Crippen molar-refractivity contribution < 1.29 is 14.6 Å². The van der Waals surface area contributed by atoms with Gasteiger partial charge in [-0.25, -0.2) is 0 Å². The van der Waals surface area contributed by atoms with Crippen LogP contribution in [0.15, 0.2) is 91.0 Å². The lowest BCUT2D eigenvalue weighted by Crippen LogP contribution is -2.45. The SMILES string of the molecule is COc1ccc(-c2ccccc2)cc1NC(=S)N(CC(O)COc1cccc2ccccc12)C(C)C. The average molecular weight is 501 g/mol. The lowest BCUT2D eigenvalue weighted by Gasteiger charge is -2.32. The minimum Gasteiger partial charge on any atom is -0.495 e. The van der Waals surface area contributed by atoms with Gasteiger partial charge in [0.1, 0.15) is 24.2 Å². The van der Waals surface area contributed by atoms with Crippen molar-refractivity contribution in [3.63, 3.8) is 0 Å². The molecule has 0 aliphatic heterocycles. The van der Waals surface area contributed by atoms with Gasteiger partial charge in [0, 0.05) is 18.0 Å². The van der Waals surface area contributed by atoms with Gasteiger partial charge in [-0.05, 0) is 60.8 Å². The number of hydrogen-bond donors (Lipinski definition) is 2. The molecule has 6 heteroatoms. The van der Waals surface area contributed by atoms with Crippen LogP contribution >= 0.6 is 12.2 Å². The number of ether oxygens (including phenoxy) is 2. The van der Waals surface area contributed by atoms with Crippen molar-refractivity contribution >= 4 is 33.8 Å². The molecule has 0 aliphatic carbocycles. The summed E-state index contributed by atoms with van der Waals surface area (Å²) >= 11 is 5.77. The summed E-state index contributed by atoms with van der Waals surface area (Å²) in [5.74, 6) is 1.45. The van der Waals surface area contributed by atoms with E-state index in [1.54, 1.807) is 7.11 Å².